The molecule has 1 rings (SSSR count). The summed E-state index contributed by atoms with van der Waals surface area (Å²) in [7, 11) is 0. The first-order chi connectivity index (χ1) is 9.01. The van der Waals surface area contributed by atoms with E-state index in [4.69, 9.17) is 19.8 Å². The van der Waals surface area contributed by atoms with Crippen LogP contribution in [0.3, 0.4) is 0 Å². The van der Waals surface area contributed by atoms with Crippen molar-refractivity contribution in [1.82, 2.24) is 10.8 Å². The molecule has 0 aliphatic carbocycles. The molecule has 0 aromatic rings. The molecule has 1 saturated heterocycles. The molecule has 7 N–H and O–H groups in total. The summed E-state index contributed by atoms with van der Waals surface area (Å²) in [6, 6.07) is -0.829. The van der Waals surface area contributed by atoms with Gasteiger partial charge in [-0.05, 0) is 0 Å². The Hall–Kier alpha value is -1.01. The van der Waals surface area contributed by atoms with Crippen molar-refractivity contribution in [3.63, 3.8) is 0 Å². The molecule has 0 aromatic heterocycles. The van der Waals surface area contributed by atoms with Gasteiger partial charge in [0.05, 0.1) is 13.2 Å². The second-order valence-corrected chi connectivity index (χ2v) is 3.93. The van der Waals surface area contributed by atoms with Crippen LogP contribution in [0.1, 0.15) is 0 Å². The van der Waals surface area contributed by atoms with Crippen LogP contribution in [0.2, 0.25) is 0 Å². The summed E-state index contributed by atoms with van der Waals surface area (Å²) in [6.07, 6.45) is -6.63. The van der Waals surface area contributed by atoms with E-state index in [0.29, 0.717) is 0 Å². The van der Waals surface area contributed by atoms with Gasteiger partial charge in [-0.2, -0.15) is 0 Å². The smallest absolute Gasteiger partial charge is 0.338 e. The van der Waals surface area contributed by atoms with Gasteiger partial charge in [0.2, 0.25) is 0 Å². The lowest BCUT2D eigenvalue weighted by Crippen LogP contribution is -2.59. The highest BCUT2D eigenvalue weighted by atomic mass is 16.6. The Morgan fingerprint density at radius 3 is 2.53 bits per heavy atom. The summed E-state index contributed by atoms with van der Waals surface area (Å²) in [6.45, 7) is -0.629. The summed E-state index contributed by atoms with van der Waals surface area (Å²) < 4.78 is 9.89. The maximum atomic E-state index is 10.6. The Kier molecular flexibility index (Phi) is 6.37. The highest BCUT2D eigenvalue weighted by Gasteiger charge is 2.44. The highest BCUT2D eigenvalue weighted by molar-refractivity contribution is 5.72. The first kappa shape index (κ1) is 16.0. The number of rotatable bonds is 5. The van der Waals surface area contributed by atoms with Gasteiger partial charge < -0.3 is 35.2 Å². The molecule has 2 amide bonds. The van der Waals surface area contributed by atoms with Crippen molar-refractivity contribution in [3.8, 4) is 0 Å². The number of hydroxylamine groups is 1. The molecule has 1 aliphatic rings. The fourth-order valence-corrected chi connectivity index (χ4v) is 1.66. The predicted molar refractivity (Wildman–Crippen MR) is 58.0 cm³/mol. The molecule has 0 saturated carbocycles. The Balaban J connectivity index is 2.42. The highest BCUT2D eigenvalue weighted by Crippen LogP contribution is 2.21. The zero-order valence-corrected chi connectivity index (χ0v) is 9.97. The molecular formula is C9H18N2O8. The Bertz CT molecular complexity index is 291. The molecular weight excluding hydrogens is 264 g/mol. The second-order valence-electron chi connectivity index (χ2n) is 3.93. The van der Waals surface area contributed by atoms with Crippen LogP contribution in [-0.4, -0.2) is 82.1 Å². The number of nitrogens with one attached hydrogen (secondary N) is 2. The number of aliphatic hydroxyl groups is 4. The van der Waals surface area contributed by atoms with Gasteiger partial charge in [-0.25, -0.2) is 10.3 Å². The summed E-state index contributed by atoms with van der Waals surface area (Å²) >= 11 is 0. The third-order valence-electron chi connectivity index (χ3n) is 2.64. The zero-order valence-electron chi connectivity index (χ0n) is 9.97. The van der Waals surface area contributed by atoms with Crippen LogP contribution >= 0.6 is 0 Å². The summed E-state index contributed by atoms with van der Waals surface area (Å²) in [4.78, 5) is 10.6. The number of aliphatic hydroxyl groups excluding tert-OH is 4. The molecule has 0 spiro atoms. The molecule has 0 bridgehead atoms. The average molecular weight is 282 g/mol. The summed E-state index contributed by atoms with van der Waals surface area (Å²) in [5, 5.41) is 48.1. The van der Waals surface area contributed by atoms with Crippen LogP contribution in [0.15, 0.2) is 0 Å². The van der Waals surface area contributed by atoms with Gasteiger partial charge in [0.25, 0.3) is 0 Å². The first-order valence-electron chi connectivity index (χ1n) is 5.61. The molecule has 1 unspecified atom stereocenters. The van der Waals surface area contributed by atoms with Crippen molar-refractivity contribution in [1.29, 1.82) is 0 Å². The Morgan fingerprint density at radius 2 is 1.95 bits per heavy atom. The fourth-order valence-electron chi connectivity index (χ4n) is 1.66. The van der Waals surface area contributed by atoms with Gasteiger partial charge in [0.1, 0.15) is 24.4 Å². The van der Waals surface area contributed by atoms with Crippen molar-refractivity contribution >= 4 is 6.03 Å². The lowest BCUT2D eigenvalue weighted by molar-refractivity contribution is -0.294. The standard InChI is InChI=1S/C9H18N2O8/c12-3-4-5(13)7(6(14)8(15)19-4)18-2-1-10-9(16)11-17/h4-8,12-15,17H,1-3H2,(H2,10,11,16)/t4-,5-,6-,7+,8?/m1/s1. The third-order valence-corrected chi connectivity index (χ3v) is 2.64. The van der Waals surface area contributed by atoms with E-state index >= 15 is 0 Å². The SMILES string of the molecule is O=C(NO)NCCO[C@H]1[C@H](O)[C@@H](CO)OC(O)[C@@H]1O. The fraction of sp³-hybridized carbons (Fsp3) is 0.889. The Morgan fingerprint density at radius 1 is 1.26 bits per heavy atom. The van der Waals surface area contributed by atoms with Gasteiger partial charge >= 0.3 is 6.03 Å². The summed E-state index contributed by atoms with van der Waals surface area (Å²) in [5.41, 5.74) is 1.35. The van der Waals surface area contributed by atoms with E-state index in [1.807, 2.05) is 0 Å². The second kappa shape index (κ2) is 7.55. The van der Waals surface area contributed by atoms with Gasteiger partial charge in [0, 0.05) is 6.54 Å². The van der Waals surface area contributed by atoms with Crippen molar-refractivity contribution in [2.75, 3.05) is 19.8 Å². The normalized spacial score (nSPS) is 34.9. The van der Waals surface area contributed by atoms with Gasteiger partial charge in [-0.1, -0.05) is 0 Å². The quantitative estimate of drug-likeness (QED) is 0.155. The topological polar surface area (TPSA) is 161 Å². The van der Waals surface area contributed by atoms with Gasteiger partial charge in [0.15, 0.2) is 6.29 Å². The monoisotopic (exact) mass is 282 g/mol. The maximum Gasteiger partial charge on any atom is 0.338 e. The minimum absolute atomic E-state index is 0.00305. The van der Waals surface area contributed by atoms with Gasteiger partial charge in [-0.15, -0.1) is 0 Å². The van der Waals surface area contributed by atoms with E-state index in [2.05, 4.69) is 5.32 Å². The van der Waals surface area contributed by atoms with Crippen LogP contribution in [0.4, 0.5) is 4.79 Å². The zero-order chi connectivity index (χ0) is 14.4. The van der Waals surface area contributed by atoms with Crippen LogP contribution in [0, 0.1) is 0 Å². The van der Waals surface area contributed by atoms with Crippen LogP contribution in [-0.2, 0) is 9.47 Å². The van der Waals surface area contributed by atoms with Crippen LogP contribution in [0.5, 0.6) is 0 Å². The van der Waals surface area contributed by atoms with Gasteiger partial charge in [-0.3, -0.25) is 5.21 Å². The lowest BCUT2D eigenvalue weighted by atomic mass is 9.99. The number of ether oxygens (including phenoxy) is 2. The number of urea groups is 1. The van der Waals surface area contributed by atoms with E-state index in [-0.39, 0.29) is 13.2 Å². The first-order valence-corrected chi connectivity index (χ1v) is 5.61. The predicted octanol–water partition coefficient (Wildman–Crippen LogP) is -3.51. The molecule has 1 aliphatic heterocycles. The van der Waals surface area contributed by atoms with Crippen molar-refractivity contribution in [2.24, 2.45) is 0 Å². The van der Waals surface area contributed by atoms with Crippen LogP contribution < -0.4 is 10.8 Å². The molecule has 10 nitrogen and oxygen atoms in total. The van der Waals surface area contributed by atoms with E-state index in [1.54, 1.807) is 0 Å². The average Bonchev–Trinajstić information content (AvgIpc) is 2.41. The number of hydrogen-bond donors (Lipinski definition) is 7. The molecule has 1 fully saturated rings. The molecule has 1 heterocycles. The van der Waals surface area contributed by atoms with Crippen molar-refractivity contribution in [3.05, 3.63) is 0 Å². The molecule has 5 atom stereocenters. The van der Waals surface area contributed by atoms with Crippen molar-refractivity contribution in [2.45, 2.75) is 30.7 Å². The van der Waals surface area contributed by atoms with Crippen molar-refractivity contribution < 1.29 is 39.9 Å². The minimum atomic E-state index is -1.58. The Labute approximate surface area is 108 Å². The molecule has 0 radical (unpaired) electrons. The van der Waals surface area contributed by atoms with E-state index in [9.17, 15) is 20.1 Å². The molecule has 0 aromatic carbocycles. The molecule has 10 heteroatoms. The maximum absolute atomic E-state index is 10.6. The van der Waals surface area contributed by atoms with Crippen LogP contribution in [0.25, 0.3) is 0 Å². The summed E-state index contributed by atoms with van der Waals surface area (Å²) in [5.74, 6) is 0. The number of amides is 2. The lowest BCUT2D eigenvalue weighted by Gasteiger charge is -2.39. The number of carbonyl (C=O) groups is 1. The number of hydrogen-bond acceptors (Lipinski definition) is 8. The largest absolute Gasteiger partial charge is 0.394 e. The molecule has 112 valence electrons. The van der Waals surface area contributed by atoms with E-state index in [0.717, 1.165) is 0 Å². The number of carbonyl (C=O) groups excluding carboxylic acids is 1. The van der Waals surface area contributed by atoms with E-state index in [1.165, 1.54) is 5.48 Å². The minimum Gasteiger partial charge on any atom is -0.394 e. The molecule has 19 heavy (non-hydrogen) atoms. The third kappa shape index (κ3) is 4.24. The van der Waals surface area contributed by atoms with E-state index < -0.39 is 43.3 Å².